The van der Waals surface area contributed by atoms with Crippen molar-refractivity contribution in [1.82, 2.24) is 5.32 Å². The highest BCUT2D eigenvalue weighted by Crippen LogP contribution is 2.20. The fourth-order valence-electron chi connectivity index (χ4n) is 1.78. The zero-order valence-corrected chi connectivity index (χ0v) is 10.7. The van der Waals surface area contributed by atoms with E-state index in [1.54, 1.807) is 12.1 Å². The van der Waals surface area contributed by atoms with Crippen LogP contribution in [-0.2, 0) is 11.3 Å². The van der Waals surface area contributed by atoms with Crippen LogP contribution in [0.4, 0.5) is 0 Å². The summed E-state index contributed by atoms with van der Waals surface area (Å²) >= 11 is 0. The van der Waals surface area contributed by atoms with Gasteiger partial charge in [0.05, 0.1) is 11.6 Å². The molecule has 2 rings (SSSR count). The molecule has 0 aromatic heterocycles. The highest BCUT2D eigenvalue weighted by atomic mass is 16.1. The summed E-state index contributed by atoms with van der Waals surface area (Å²) in [5.74, 6) is -0.0313. The maximum atomic E-state index is 10.8. The number of rotatable bonds is 3. The molecular formula is C16H14N2O. The first kappa shape index (κ1) is 12.8. The van der Waals surface area contributed by atoms with Crippen molar-refractivity contribution in [3.8, 4) is 17.2 Å². The number of carbonyl (C=O) groups is 1. The molecule has 0 saturated heterocycles. The van der Waals surface area contributed by atoms with Gasteiger partial charge in [0.25, 0.3) is 0 Å². The molecule has 0 bridgehead atoms. The first-order valence-corrected chi connectivity index (χ1v) is 6.03. The molecule has 94 valence electrons. The van der Waals surface area contributed by atoms with Gasteiger partial charge >= 0.3 is 0 Å². The normalized spacial score (nSPS) is 9.68. The molecule has 3 nitrogen and oxygen atoms in total. The zero-order chi connectivity index (χ0) is 13.7. The van der Waals surface area contributed by atoms with Gasteiger partial charge in [0.2, 0.25) is 5.91 Å². The molecule has 0 radical (unpaired) electrons. The fourth-order valence-corrected chi connectivity index (χ4v) is 1.78. The van der Waals surface area contributed by atoms with Crippen molar-refractivity contribution in [2.75, 3.05) is 0 Å². The van der Waals surface area contributed by atoms with Crippen molar-refractivity contribution in [1.29, 1.82) is 5.26 Å². The van der Waals surface area contributed by atoms with E-state index >= 15 is 0 Å². The molecular weight excluding hydrogens is 236 g/mol. The third kappa shape index (κ3) is 3.43. The largest absolute Gasteiger partial charge is 0.352 e. The predicted octanol–water partition coefficient (Wildman–Crippen LogP) is 2.86. The average Bonchev–Trinajstić information content (AvgIpc) is 2.46. The van der Waals surface area contributed by atoms with Gasteiger partial charge < -0.3 is 5.32 Å². The van der Waals surface area contributed by atoms with Gasteiger partial charge in [0.15, 0.2) is 0 Å². The Hall–Kier alpha value is -2.60. The number of hydrogen-bond donors (Lipinski definition) is 1. The van der Waals surface area contributed by atoms with Crippen LogP contribution < -0.4 is 5.32 Å². The number of nitriles is 1. The van der Waals surface area contributed by atoms with Crippen LogP contribution >= 0.6 is 0 Å². The highest BCUT2D eigenvalue weighted by molar-refractivity contribution is 5.72. The van der Waals surface area contributed by atoms with Crippen LogP contribution in [0.15, 0.2) is 48.5 Å². The number of amides is 1. The number of nitrogens with zero attached hydrogens (tertiary/aromatic N) is 1. The summed E-state index contributed by atoms with van der Waals surface area (Å²) in [5, 5.41) is 11.5. The van der Waals surface area contributed by atoms with E-state index in [-0.39, 0.29) is 5.91 Å². The topological polar surface area (TPSA) is 52.9 Å². The van der Waals surface area contributed by atoms with E-state index in [2.05, 4.69) is 11.4 Å². The molecule has 0 spiro atoms. The summed E-state index contributed by atoms with van der Waals surface area (Å²) in [6.45, 7) is 2.05. The molecule has 0 fully saturated rings. The molecule has 3 heteroatoms. The van der Waals surface area contributed by atoms with Gasteiger partial charge in [-0.25, -0.2) is 0 Å². The third-order valence-corrected chi connectivity index (χ3v) is 2.84. The van der Waals surface area contributed by atoms with Crippen LogP contribution in [0.25, 0.3) is 11.1 Å². The van der Waals surface area contributed by atoms with Crippen LogP contribution in [0.1, 0.15) is 18.1 Å². The van der Waals surface area contributed by atoms with Crippen LogP contribution in [-0.4, -0.2) is 5.91 Å². The lowest BCUT2D eigenvalue weighted by Gasteiger charge is -2.05. The van der Waals surface area contributed by atoms with E-state index in [0.29, 0.717) is 12.1 Å². The Bertz CT molecular complexity index is 607. The second-order valence-corrected chi connectivity index (χ2v) is 4.30. The molecule has 0 aliphatic heterocycles. The zero-order valence-electron chi connectivity index (χ0n) is 10.7. The Morgan fingerprint density at radius 1 is 1.05 bits per heavy atom. The molecule has 0 heterocycles. The average molecular weight is 250 g/mol. The Labute approximate surface area is 112 Å². The number of benzene rings is 2. The second kappa shape index (κ2) is 5.83. The monoisotopic (exact) mass is 250 g/mol. The minimum Gasteiger partial charge on any atom is -0.352 e. The molecule has 2 aromatic rings. The van der Waals surface area contributed by atoms with Gasteiger partial charge in [-0.2, -0.15) is 5.26 Å². The van der Waals surface area contributed by atoms with Gasteiger partial charge in [-0.3, -0.25) is 4.79 Å². The number of carbonyl (C=O) groups excluding carboxylic acids is 1. The molecule has 2 aromatic carbocycles. The van der Waals surface area contributed by atoms with Gasteiger partial charge in [-0.05, 0) is 28.8 Å². The molecule has 19 heavy (non-hydrogen) atoms. The van der Waals surface area contributed by atoms with E-state index in [1.807, 2.05) is 36.4 Å². The first-order valence-electron chi connectivity index (χ1n) is 6.03. The molecule has 0 atom stereocenters. The number of hydrogen-bond acceptors (Lipinski definition) is 2. The Kier molecular flexibility index (Phi) is 3.94. The quantitative estimate of drug-likeness (QED) is 0.910. The number of nitrogens with one attached hydrogen (secondary N) is 1. The Morgan fingerprint density at radius 3 is 2.05 bits per heavy atom. The SMILES string of the molecule is CC(=O)NCc1ccc(-c2ccc(C#N)cc2)cc1. The summed E-state index contributed by atoms with van der Waals surface area (Å²) in [4.78, 5) is 10.8. The molecule has 1 N–H and O–H groups in total. The minimum absolute atomic E-state index is 0.0313. The molecule has 1 amide bonds. The lowest BCUT2D eigenvalue weighted by Crippen LogP contribution is -2.18. The maximum absolute atomic E-state index is 10.8. The van der Waals surface area contributed by atoms with Crippen LogP contribution in [0.5, 0.6) is 0 Å². The van der Waals surface area contributed by atoms with Crippen molar-refractivity contribution in [2.45, 2.75) is 13.5 Å². The van der Waals surface area contributed by atoms with Crippen molar-refractivity contribution in [2.24, 2.45) is 0 Å². The van der Waals surface area contributed by atoms with Crippen molar-refractivity contribution < 1.29 is 4.79 Å². The van der Waals surface area contributed by atoms with Gasteiger partial charge in [0, 0.05) is 13.5 Å². The summed E-state index contributed by atoms with van der Waals surface area (Å²) in [7, 11) is 0. The Balaban J connectivity index is 2.13. The van der Waals surface area contributed by atoms with E-state index < -0.39 is 0 Å². The summed E-state index contributed by atoms with van der Waals surface area (Å²) in [6, 6.07) is 17.6. The van der Waals surface area contributed by atoms with Crippen LogP contribution in [0, 0.1) is 11.3 Å². The summed E-state index contributed by atoms with van der Waals surface area (Å²) in [5.41, 5.74) is 3.89. The van der Waals surface area contributed by atoms with E-state index in [9.17, 15) is 4.79 Å². The van der Waals surface area contributed by atoms with Gasteiger partial charge in [0.1, 0.15) is 0 Å². The first-order chi connectivity index (χ1) is 9.19. The van der Waals surface area contributed by atoms with E-state index in [1.165, 1.54) is 6.92 Å². The molecule has 0 aliphatic carbocycles. The van der Waals surface area contributed by atoms with Gasteiger partial charge in [-0.15, -0.1) is 0 Å². The van der Waals surface area contributed by atoms with Crippen LogP contribution in [0.2, 0.25) is 0 Å². The second-order valence-electron chi connectivity index (χ2n) is 4.30. The lowest BCUT2D eigenvalue weighted by molar-refractivity contribution is -0.119. The van der Waals surface area contributed by atoms with Gasteiger partial charge in [-0.1, -0.05) is 36.4 Å². The maximum Gasteiger partial charge on any atom is 0.217 e. The van der Waals surface area contributed by atoms with Crippen LogP contribution in [0.3, 0.4) is 0 Å². The standard InChI is InChI=1S/C16H14N2O/c1-12(19)18-11-14-4-8-16(9-5-14)15-6-2-13(10-17)3-7-15/h2-9H,11H2,1H3,(H,18,19). The summed E-state index contributed by atoms with van der Waals surface area (Å²) in [6.07, 6.45) is 0. The van der Waals surface area contributed by atoms with Crippen molar-refractivity contribution >= 4 is 5.91 Å². The molecule has 0 unspecified atom stereocenters. The Morgan fingerprint density at radius 2 is 1.58 bits per heavy atom. The lowest BCUT2D eigenvalue weighted by atomic mass is 10.0. The predicted molar refractivity (Wildman–Crippen MR) is 74.1 cm³/mol. The van der Waals surface area contributed by atoms with Crippen molar-refractivity contribution in [3.63, 3.8) is 0 Å². The smallest absolute Gasteiger partial charge is 0.217 e. The van der Waals surface area contributed by atoms with E-state index in [0.717, 1.165) is 16.7 Å². The van der Waals surface area contributed by atoms with Crippen molar-refractivity contribution in [3.05, 3.63) is 59.7 Å². The fraction of sp³-hybridized carbons (Fsp3) is 0.125. The highest BCUT2D eigenvalue weighted by Gasteiger charge is 1.99. The summed E-state index contributed by atoms with van der Waals surface area (Å²) < 4.78 is 0. The molecule has 0 saturated carbocycles. The minimum atomic E-state index is -0.0313. The third-order valence-electron chi connectivity index (χ3n) is 2.84. The van der Waals surface area contributed by atoms with E-state index in [4.69, 9.17) is 5.26 Å². The molecule has 0 aliphatic rings.